The Labute approximate surface area is 117 Å². The first kappa shape index (κ1) is 13.1. The van der Waals surface area contributed by atoms with Gasteiger partial charge in [-0.25, -0.2) is 9.36 Å². The Morgan fingerprint density at radius 1 is 1.50 bits per heavy atom. The predicted octanol–water partition coefficient (Wildman–Crippen LogP) is 0.961. The molecule has 0 aromatic carbocycles. The highest BCUT2D eigenvalue weighted by Gasteiger charge is 2.24. The van der Waals surface area contributed by atoms with E-state index >= 15 is 0 Å². The number of aryl methyl sites for hydroxylation is 1. The quantitative estimate of drug-likeness (QED) is 0.863. The van der Waals surface area contributed by atoms with Gasteiger partial charge in [-0.3, -0.25) is 14.6 Å². The molecule has 7 heteroatoms. The molecule has 6 nitrogen and oxygen atoms in total. The SMILES string of the molecule is C[C@H]1CCc2sc3[nH]c(=O)n(CC(=O)O)c(=O)c3c2C1. The maximum absolute atomic E-state index is 12.4. The Bertz CT molecular complexity index is 814. The summed E-state index contributed by atoms with van der Waals surface area (Å²) in [6, 6.07) is 0. The number of fused-ring (bicyclic) bond motifs is 3. The van der Waals surface area contributed by atoms with E-state index in [0.717, 1.165) is 34.3 Å². The maximum atomic E-state index is 12.4. The second-order valence-corrected chi connectivity index (χ2v) is 6.38. The molecule has 0 unspecified atom stereocenters. The van der Waals surface area contributed by atoms with Gasteiger partial charge < -0.3 is 5.11 Å². The van der Waals surface area contributed by atoms with Crippen LogP contribution in [0.1, 0.15) is 23.8 Å². The monoisotopic (exact) mass is 294 g/mol. The molecule has 0 saturated heterocycles. The molecule has 20 heavy (non-hydrogen) atoms. The molecule has 1 aliphatic rings. The van der Waals surface area contributed by atoms with Crippen molar-refractivity contribution in [3.05, 3.63) is 31.3 Å². The second-order valence-electron chi connectivity index (χ2n) is 5.27. The van der Waals surface area contributed by atoms with Crippen LogP contribution in [0, 0.1) is 5.92 Å². The normalized spacial score (nSPS) is 18.1. The lowest BCUT2D eigenvalue weighted by molar-refractivity contribution is -0.137. The van der Waals surface area contributed by atoms with Crippen molar-refractivity contribution in [3.8, 4) is 0 Å². The lowest BCUT2D eigenvalue weighted by atomic mass is 9.89. The predicted molar refractivity (Wildman–Crippen MR) is 75.5 cm³/mol. The Kier molecular flexibility index (Phi) is 3.01. The first-order valence-corrected chi connectivity index (χ1v) is 7.28. The van der Waals surface area contributed by atoms with E-state index in [1.807, 2.05) is 0 Å². The Morgan fingerprint density at radius 2 is 2.25 bits per heavy atom. The lowest BCUT2D eigenvalue weighted by Gasteiger charge is -2.17. The summed E-state index contributed by atoms with van der Waals surface area (Å²) in [7, 11) is 0. The molecule has 2 aromatic heterocycles. The van der Waals surface area contributed by atoms with Crippen LogP contribution in [-0.2, 0) is 24.2 Å². The van der Waals surface area contributed by atoms with E-state index in [0.29, 0.717) is 16.1 Å². The molecule has 0 saturated carbocycles. The van der Waals surface area contributed by atoms with Crippen LogP contribution in [0.5, 0.6) is 0 Å². The van der Waals surface area contributed by atoms with Gasteiger partial charge in [-0.15, -0.1) is 11.3 Å². The number of hydrogen-bond acceptors (Lipinski definition) is 4. The number of thiophene rings is 1. The molecule has 1 aliphatic carbocycles. The number of carboxylic acids is 1. The van der Waals surface area contributed by atoms with Crippen LogP contribution in [-0.4, -0.2) is 20.6 Å². The minimum absolute atomic E-state index is 0.488. The van der Waals surface area contributed by atoms with Gasteiger partial charge in [0.2, 0.25) is 0 Å². The minimum Gasteiger partial charge on any atom is -0.480 e. The summed E-state index contributed by atoms with van der Waals surface area (Å²) < 4.78 is 0.761. The number of nitrogens with zero attached hydrogens (tertiary/aromatic N) is 1. The van der Waals surface area contributed by atoms with Gasteiger partial charge in [0, 0.05) is 4.88 Å². The largest absolute Gasteiger partial charge is 0.480 e. The zero-order valence-corrected chi connectivity index (χ0v) is 11.7. The number of H-pyrrole nitrogens is 1. The summed E-state index contributed by atoms with van der Waals surface area (Å²) >= 11 is 1.44. The molecule has 0 spiro atoms. The zero-order valence-electron chi connectivity index (χ0n) is 10.9. The standard InChI is InChI=1S/C13H14N2O4S/c1-6-2-3-8-7(4-6)10-11(20-8)14-13(19)15(12(10)18)5-9(16)17/h6H,2-5H2,1H3,(H,14,19)(H,16,17)/t6-/m0/s1. The Balaban J connectivity index is 2.30. The van der Waals surface area contributed by atoms with E-state index in [-0.39, 0.29) is 0 Å². The van der Waals surface area contributed by atoms with Crippen molar-refractivity contribution in [1.82, 2.24) is 9.55 Å². The molecular formula is C13H14N2O4S. The fourth-order valence-electron chi connectivity index (χ4n) is 2.74. The van der Waals surface area contributed by atoms with Crippen LogP contribution < -0.4 is 11.2 Å². The Morgan fingerprint density at radius 3 is 2.95 bits per heavy atom. The average molecular weight is 294 g/mol. The van der Waals surface area contributed by atoms with E-state index in [9.17, 15) is 14.4 Å². The van der Waals surface area contributed by atoms with Gasteiger partial charge in [0.1, 0.15) is 11.4 Å². The average Bonchev–Trinajstić information content (AvgIpc) is 2.71. The number of nitrogens with one attached hydrogen (secondary N) is 1. The smallest absolute Gasteiger partial charge is 0.329 e. The van der Waals surface area contributed by atoms with E-state index < -0.39 is 23.8 Å². The van der Waals surface area contributed by atoms with Crippen LogP contribution in [0.4, 0.5) is 0 Å². The Hall–Kier alpha value is -1.89. The molecule has 0 bridgehead atoms. The summed E-state index contributed by atoms with van der Waals surface area (Å²) in [4.78, 5) is 39.4. The molecule has 2 heterocycles. The summed E-state index contributed by atoms with van der Waals surface area (Å²) in [6.07, 6.45) is 2.80. The highest BCUT2D eigenvalue weighted by Crippen LogP contribution is 2.35. The highest BCUT2D eigenvalue weighted by atomic mass is 32.1. The highest BCUT2D eigenvalue weighted by molar-refractivity contribution is 7.18. The molecule has 3 rings (SSSR count). The van der Waals surface area contributed by atoms with Gasteiger partial charge in [0.25, 0.3) is 5.56 Å². The number of carbonyl (C=O) groups is 1. The second kappa shape index (κ2) is 4.59. The van der Waals surface area contributed by atoms with Gasteiger partial charge in [0.15, 0.2) is 0 Å². The van der Waals surface area contributed by atoms with Crippen molar-refractivity contribution in [1.29, 1.82) is 0 Å². The molecular weight excluding hydrogens is 280 g/mol. The number of hydrogen-bond donors (Lipinski definition) is 2. The third-order valence-electron chi connectivity index (χ3n) is 3.73. The summed E-state index contributed by atoms with van der Waals surface area (Å²) in [6.45, 7) is 1.53. The van der Waals surface area contributed by atoms with Crippen LogP contribution in [0.3, 0.4) is 0 Å². The van der Waals surface area contributed by atoms with Crippen molar-refractivity contribution in [3.63, 3.8) is 0 Å². The number of rotatable bonds is 2. The third kappa shape index (κ3) is 1.98. The van der Waals surface area contributed by atoms with E-state index in [1.165, 1.54) is 11.3 Å². The van der Waals surface area contributed by atoms with Gasteiger partial charge in [0.05, 0.1) is 5.39 Å². The zero-order chi connectivity index (χ0) is 14.4. The first-order chi connectivity index (χ1) is 9.47. The number of aromatic amines is 1. The van der Waals surface area contributed by atoms with Crippen molar-refractivity contribution < 1.29 is 9.90 Å². The number of carboxylic acid groups (broad SMARTS) is 1. The van der Waals surface area contributed by atoms with Gasteiger partial charge in [-0.05, 0) is 30.7 Å². The molecule has 0 radical (unpaired) electrons. The van der Waals surface area contributed by atoms with Gasteiger partial charge >= 0.3 is 11.7 Å². The molecule has 106 valence electrons. The minimum atomic E-state index is -1.20. The molecule has 2 N–H and O–H groups in total. The van der Waals surface area contributed by atoms with E-state index in [2.05, 4.69) is 11.9 Å². The number of aliphatic carboxylic acids is 1. The molecule has 0 fully saturated rings. The summed E-state index contributed by atoms with van der Waals surface area (Å²) in [5.41, 5.74) is -0.154. The van der Waals surface area contributed by atoms with Crippen molar-refractivity contribution in [2.75, 3.05) is 0 Å². The molecule has 0 aliphatic heterocycles. The van der Waals surface area contributed by atoms with Crippen molar-refractivity contribution in [2.45, 2.75) is 32.7 Å². The van der Waals surface area contributed by atoms with Crippen LogP contribution in [0.15, 0.2) is 9.59 Å². The van der Waals surface area contributed by atoms with Gasteiger partial charge in [-0.1, -0.05) is 6.92 Å². The summed E-state index contributed by atoms with van der Waals surface area (Å²) in [5.74, 6) is -0.700. The number of aromatic nitrogens is 2. The lowest BCUT2D eigenvalue weighted by Crippen LogP contribution is -2.37. The van der Waals surface area contributed by atoms with Gasteiger partial charge in [-0.2, -0.15) is 0 Å². The topological polar surface area (TPSA) is 92.2 Å². The fourth-order valence-corrected chi connectivity index (χ4v) is 3.97. The van der Waals surface area contributed by atoms with Crippen LogP contribution in [0.25, 0.3) is 10.2 Å². The first-order valence-electron chi connectivity index (χ1n) is 6.46. The molecule has 0 amide bonds. The van der Waals surface area contributed by atoms with Crippen LogP contribution >= 0.6 is 11.3 Å². The third-order valence-corrected chi connectivity index (χ3v) is 4.93. The van der Waals surface area contributed by atoms with Crippen molar-refractivity contribution >= 4 is 27.5 Å². The van der Waals surface area contributed by atoms with Crippen LogP contribution in [0.2, 0.25) is 0 Å². The fraction of sp³-hybridized carbons (Fsp3) is 0.462. The molecule has 1 atom stereocenters. The van der Waals surface area contributed by atoms with Crippen molar-refractivity contribution in [2.24, 2.45) is 5.92 Å². The maximum Gasteiger partial charge on any atom is 0.329 e. The summed E-state index contributed by atoms with van der Waals surface area (Å²) in [5, 5.41) is 9.31. The van der Waals surface area contributed by atoms with E-state index in [1.54, 1.807) is 0 Å². The molecule has 2 aromatic rings. The van der Waals surface area contributed by atoms with E-state index in [4.69, 9.17) is 5.11 Å².